The summed E-state index contributed by atoms with van der Waals surface area (Å²) in [7, 11) is -1.36. The molecule has 7 heteroatoms. The molecule has 0 fully saturated rings. The maximum atomic E-state index is 13.9. The maximum absolute atomic E-state index is 13.9. The molecule has 0 aliphatic rings. The average molecular weight is 676 g/mol. The fourth-order valence-electron chi connectivity index (χ4n) is 6.41. The molecule has 0 saturated carbocycles. The van der Waals surface area contributed by atoms with Crippen molar-refractivity contribution in [3.63, 3.8) is 0 Å². The molecular formula is C44H29N5OS. The van der Waals surface area contributed by atoms with Crippen molar-refractivity contribution in [2.45, 2.75) is 0 Å². The molecule has 3 heterocycles. The Morgan fingerprint density at radius 1 is 0.373 bits per heavy atom. The van der Waals surface area contributed by atoms with Gasteiger partial charge in [-0.05, 0) is 47.1 Å². The zero-order chi connectivity index (χ0) is 34.1. The first kappa shape index (κ1) is 30.5. The summed E-state index contributed by atoms with van der Waals surface area (Å²) in [6.45, 7) is 0. The largest absolute Gasteiger partial charge is 0.590 e. The summed E-state index contributed by atoms with van der Waals surface area (Å²) in [5, 5.41) is 1.92. The van der Waals surface area contributed by atoms with Crippen molar-refractivity contribution in [2.75, 3.05) is 4.90 Å². The highest BCUT2D eigenvalue weighted by Gasteiger charge is 2.25. The van der Waals surface area contributed by atoms with Crippen molar-refractivity contribution in [1.82, 2.24) is 19.9 Å². The Morgan fingerprint density at radius 3 is 1.18 bits per heavy atom. The van der Waals surface area contributed by atoms with Gasteiger partial charge < -0.3 is 4.55 Å². The Kier molecular flexibility index (Phi) is 7.81. The third-order valence-corrected chi connectivity index (χ3v) is 10.4. The maximum Gasteiger partial charge on any atom is 0.238 e. The lowest BCUT2D eigenvalue weighted by molar-refractivity contribution is 0.602. The molecule has 0 aliphatic heterocycles. The number of hydrogen-bond acceptors (Lipinski definition) is 6. The molecule has 0 saturated heterocycles. The van der Waals surface area contributed by atoms with E-state index in [0.717, 1.165) is 65.2 Å². The zero-order valence-electron chi connectivity index (χ0n) is 27.3. The number of thiophene rings is 1. The molecule has 0 amide bonds. The lowest BCUT2D eigenvalue weighted by Crippen LogP contribution is -2.17. The van der Waals surface area contributed by atoms with Crippen LogP contribution in [0.3, 0.4) is 0 Å². The van der Waals surface area contributed by atoms with Crippen LogP contribution >= 0.6 is 10.8 Å². The normalized spacial score (nSPS) is 11.6. The van der Waals surface area contributed by atoms with E-state index in [-0.39, 0.29) is 0 Å². The van der Waals surface area contributed by atoms with Crippen LogP contribution in [0, 0.1) is 0 Å². The van der Waals surface area contributed by atoms with Crippen LogP contribution in [-0.2, 0) is 0 Å². The Morgan fingerprint density at radius 2 is 0.745 bits per heavy atom. The molecule has 9 rings (SSSR count). The minimum Gasteiger partial charge on any atom is -0.590 e. The predicted octanol–water partition coefficient (Wildman–Crippen LogP) is 11.4. The minimum absolute atomic E-state index is 0.390. The lowest BCUT2D eigenvalue weighted by Gasteiger charge is -2.23. The molecule has 0 N–H and O–H groups in total. The predicted molar refractivity (Wildman–Crippen MR) is 208 cm³/mol. The van der Waals surface area contributed by atoms with Gasteiger partial charge in [0.05, 0.1) is 28.5 Å². The molecule has 51 heavy (non-hydrogen) atoms. The number of benzene rings is 6. The van der Waals surface area contributed by atoms with Crippen molar-refractivity contribution >= 4 is 48.5 Å². The number of rotatable bonds is 7. The van der Waals surface area contributed by atoms with Crippen molar-refractivity contribution < 1.29 is 4.55 Å². The van der Waals surface area contributed by atoms with Gasteiger partial charge in [0.15, 0.2) is 9.40 Å². The molecule has 6 aromatic carbocycles. The first-order valence-corrected chi connectivity index (χ1v) is 17.8. The van der Waals surface area contributed by atoms with E-state index in [9.17, 15) is 4.55 Å². The number of aromatic nitrogens is 4. The second kappa shape index (κ2) is 13.1. The highest BCUT2D eigenvalue weighted by Crippen LogP contribution is 2.44. The van der Waals surface area contributed by atoms with Crippen LogP contribution in [0.2, 0.25) is 0 Å². The Hall–Kier alpha value is -6.54. The zero-order valence-corrected chi connectivity index (χ0v) is 28.1. The van der Waals surface area contributed by atoms with E-state index in [1.54, 1.807) is 0 Å². The summed E-state index contributed by atoms with van der Waals surface area (Å²) in [6, 6.07) is 58.2. The number of anilines is 3. The van der Waals surface area contributed by atoms with Gasteiger partial charge in [-0.1, -0.05) is 133 Å². The molecule has 242 valence electrons. The molecule has 0 radical (unpaired) electrons. The van der Waals surface area contributed by atoms with Gasteiger partial charge in [0.1, 0.15) is 0 Å². The number of nitrogens with zero attached hydrogens (tertiary/aromatic N) is 5. The summed E-state index contributed by atoms with van der Waals surface area (Å²) in [4.78, 5) is 22.7. The smallest absolute Gasteiger partial charge is 0.238 e. The Labute approximate surface area is 297 Å². The van der Waals surface area contributed by atoms with Gasteiger partial charge in [0.25, 0.3) is 0 Å². The van der Waals surface area contributed by atoms with E-state index >= 15 is 0 Å². The van der Waals surface area contributed by atoms with Crippen molar-refractivity contribution in [1.29, 1.82) is 0 Å². The summed E-state index contributed by atoms with van der Waals surface area (Å²) < 4.78 is 15.5. The first-order chi connectivity index (χ1) is 25.2. The highest BCUT2D eigenvalue weighted by atomic mass is 32.2. The van der Waals surface area contributed by atoms with E-state index in [0.29, 0.717) is 17.6 Å². The quantitative estimate of drug-likeness (QED) is 0.156. The summed E-state index contributed by atoms with van der Waals surface area (Å²) in [5.74, 6) is 0.779. The Bertz CT molecular complexity index is 2410. The van der Waals surface area contributed by atoms with Gasteiger partial charge in [0.2, 0.25) is 11.9 Å². The first-order valence-electron chi connectivity index (χ1n) is 16.6. The van der Waals surface area contributed by atoms with Gasteiger partial charge in [-0.15, -0.1) is 0 Å². The van der Waals surface area contributed by atoms with Gasteiger partial charge in [-0.3, -0.25) is 0 Å². The number of fused-ring (bicyclic) bond motifs is 3. The SMILES string of the molecule is [O-][s+]1c2ccccc2c2ccc(N(c3nc(-c4ccccc4)cc(-c4ccccc4)n3)c3nc(-c4ccccc4)cc(-c4ccccc4)n3)cc21. The highest BCUT2D eigenvalue weighted by molar-refractivity contribution is 7.37. The van der Waals surface area contributed by atoms with Crippen molar-refractivity contribution in [3.8, 4) is 45.0 Å². The van der Waals surface area contributed by atoms with E-state index in [1.807, 2.05) is 181 Å². The van der Waals surface area contributed by atoms with Gasteiger partial charge in [-0.25, -0.2) is 24.8 Å². The molecular weight excluding hydrogens is 647 g/mol. The van der Waals surface area contributed by atoms with Crippen LogP contribution in [0.5, 0.6) is 0 Å². The second-order valence-corrected chi connectivity index (χ2v) is 13.5. The van der Waals surface area contributed by atoms with Crippen LogP contribution in [0.15, 0.2) is 176 Å². The standard InChI is InChI=1S/C44H29N5OS/c50-51-41-24-14-13-23-35(41)36-26-25-34(27-42(36)51)49(43-45-37(30-15-5-1-6-16-30)28-38(46-43)31-17-7-2-8-18-31)44-47-39(32-19-9-3-10-20-32)29-40(48-44)33-21-11-4-12-22-33/h1-29H. The van der Waals surface area contributed by atoms with Crippen LogP contribution < -0.4 is 4.90 Å². The summed E-state index contributed by atoms with van der Waals surface area (Å²) in [6.07, 6.45) is 0. The molecule has 3 aromatic heterocycles. The third kappa shape index (κ3) is 5.80. The summed E-state index contributed by atoms with van der Waals surface area (Å²) in [5.41, 5.74) is 7.52. The molecule has 1 atom stereocenters. The lowest BCUT2D eigenvalue weighted by atomic mass is 10.1. The topological polar surface area (TPSA) is 77.9 Å². The van der Waals surface area contributed by atoms with E-state index in [1.165, 1.54) is 0 Å². The second-order valence-electron chi connectivity index (χ2n) is 12.1. The monoisotopic (exact) mass is 675 g/mol. The van der Waals surface area contributed by atoms with Gasteiger partial charge in [-0.2, -0.15) is 0 Å². The van der Waals surface area contributed by atoms with Crippen LogP contribution in [0.1, 0.15) is 0 Å². The molecule has 6 nitrogen and oxygen atoms in total. The molecule has 9 aromatic rings. The Balaban J connectivity index is 1.34. The van der Waals surface area contributed by atoms with Crippen molar-refractivity contribution in [3.05, 3.63) is 176 Å². The number of hydrogen-bond donors (Lipinski definition) is 0. The van der Waals surface area contributed by atoms with Crippen LogP contribution in [0.25, 0.3) is 65.2 Å². The molecule has 0 bridgehead atoms. The van der Waals surface area contributed by atoms with Gasteiger partial charge >= 0.3 is 0 Å². The van der Waals surface area contributed by atoms with Crippen LogP contribution in [-0.4, -0.2) is 24.5 Å². The third-order valence-electron chi connectivity index (χ3n) is 8.91. The van der Waals surface area contributed by atoms with Crippen LogP contribution in [0.4, 0.5) is 17.6 Å². The van der Waals surface area contributed by atoms with Gasteiger partial charge in [0, 0.05) is 39.1 Å². The minimum atomic E-state index is -1.36. The molecule has 0 aliphatic carbocycles. The molecule has 1 unspecified atom stereocenters. The van der Waals surface area contributed by atoms with Crippen molar-refractivity contribution in [2.24, 2.45) is 0 Å². The van der Waals surface area contributed by atoms with E-state index in [2.05, 4.69) is 0 Å². The molecule has 0 spiro atoms. The average Bonchev–Trinajstić information content (AvgIpc) is 3.49. The fraction of sp³-hybridized carbons (Fsp3) is 0. The fourth-order valence-corrected chi connectivity index (χ4v) is 7.83. The van der Waals surface area contributed by atoms with E-state index in [4.69, 9.17) is 19.9 Å². The van der Waals surface area contributed by atoms with E-state index < -0.39 is 10.8 Å². The summed E-state index contributed by atoms with van der Waals surface area (Å²) >= 11 is 0.